The van der Waals surface area contributed by atoms with Crippen molar-refractivity contribution in [3.8, 4) is 5.75 Å². The minimum absolute atomic E-state index is 0.00313. The molecule has 0 spiro atoms. The van der Waals surface area contributed by atoms with Crippen LogP contribution in [-0.2, 0) is 30.5 Å². The second kappa shape index (κ2) is 14.2. The molecule has 1 atom stereocenters. The third-order valence-electron chi connectivity index (χ3n) is 7.92. The summed E-state index contributed by atoms with van der Waals surface area (Å²) in [7, 11) is -3.40. The van der Waals surface area contributed by atoms with Crippen LogP contribution < -0.4 is 16.2 Å². The standard InChI is InChI=1S/C33H48N2O6S/c1-31(2,34)24-33(5,35)32(3,4)30(36)41-18-17-39-19-21-42(37,38)22-20-40-29-16-10-14-26-13-9-15-27(23-28(26)29)25-11-7-6-8-12-25/h6-8,10-12,14,16,23H,9,13,15,17-22,24,34-35H2,1-5H3. The highest BCUT2D eigenvalue weighted by molar-refractivity contribution is 7.91. The number of hydrogen-bond donors (Lipinski definition) is 2. The Labute approximate surface area is 251 Å². The second-order valence-corrected chi connectivity index (χ2v) is 15.0. The lowest BCUT2D eigenvalue weighted by atomic mass is 9.68. The first kappa shape index (κ1) is 33.8. The van der Waals surface area contributed by atoms with Crippen molar-refractivity contribution in [1.82, 2.24) is 0 Å². The fourth-order valence-corrected chi connectivity index (χ4v) is 6.05. The van der Waals surface area contributed by atoms with Gasteiger partial charge in [0.15, 0.2) is 9.84 Å². The maximum atomic E-state index is 12.7. The molecule has 1 aliphatic rings. The van der Waals surface area contributed by atoms with Crippen LogP contribution in [0.3, 0.4) is 0 Å². The molecular weight excluding hydrogens is 552 g/mol. The molecule has 0 aliphatic heterocycles. The molecule has 232 valence electrons. The number of carbonyl (C=O) groups excluding carboxylic acids is 1. The summed E-state index contributed by atoms with van der Waals surface area (Å²) < 4.78 is 42.1. The lowest BCUT2D eigenvalue weighted by Gasteiger charge is -2.42. The molecule has 1 aliphatic carbocycles. The van der Waals surface area contributed by atoms with Gasteiger partial charge in [0, 0.05) is 16.6 Å². The molecule has 0 radical (unpaired) electrons. The summed E-state index contributed by atoms with van der Waals surface area (Å²) in [6.07, 6.45) is 5.57. The zero-order chi connectivity index (χ0) is 31.0. The van der Waals surface area contributed by atoms with Crippen molar-refractivity contribution >= 4 is 27.5 Å². The van der Waals surface area contributed by atoms with Gasteiger partial charge in [-0.05, 0) is 89.1 Å². The van der Waals surface area contributed by atoms with Crippen LogP contribution in [-0.4, -0.2) is 63.4 Å². The Bertz CT molecular complexity index is 1330. The smallest absolute Gasteiger partial charge is 0.313 e. The molecule has 8 nitrogen and oxygen atoms in total. The van der Waals surface area contributed by atoms with Gasteiger partial charge in [0.1, 0.15) is 19.0 Å². The Morgan fingerprint density at radius 2 is 1.55 bits per heavy atom. The molecule has 0 fully saturated rings. The normalized spacial score (nSPS) is 15.6. The molecule has 0 saturated carbocycles. The van der Waals surface area contributed by atoms with E-state index in [0.717, 1.165) is 24.8 Å². The Morgan fingerprint density at radius 3 is 2.24 bits per heavy atom. The van der Waals surface area contributed by atoms with E-state index in [-0.39, 0.29) is 37.9 Å². The van der Waals surface area contributed by atoms with Gasteiger partial charge < -0.3 is 25.7 Å². The average Bonchev–Trinajstić information content (AvgIpc) is 3.13. The van der Waals surface area contributed by atoms with Crippen molar-refractivity contribution in [3.05, 3.63) is 65.2 Å². The predicted octanol–water partition coefficient (Wildman–Crippen LogP) is 4.79. The van der Waals surface area contributed by atoms with E-state index in [9.17, 15) is 13.2 Å². The van der Waals surface area contributed by atoms with Crippen molar-refractivity contribution in [2.24, 2.45) is 16.9 Å². The molecule has 1 unspecified atom stereocenters. The van der Waals surface area contributed by atoms with Crippen LogP contribution in [0.25, 0.3) is 11.6 Å². The molecule has 9 heteroatoms. The number of carbonyl (C=O) groups is 1. The molecule has 42 heavy (non-hydrogen) atoms. The summed E-state index contributed by atoms with van der Waals surface area (Å²) >= 11 is 0. The highest BCUT2D eigenvalue weighted by atomic mass is 32.2. The topological polar surface area (TPSA) is 131 Å². The minimum atomic E-state index is -3.40. The Balaban J connectivity index is 1.44. The minimum Gasteiger partial charge on any atom is -0.492 e. The van der Waals surface area contributed by atoms with Gasteiger partial charge in [-0.25, -0.2) is 8.42 Å². The quantitative estimate of drug-likeness (QED) is 0.220. The third-order valence-corrected chi connectivity index (χ3v) is 9.50. The van der Waals surface area contributed by atoms with Crippen molar-refractivity contribution in [1.29, 1.82) is 0 Å². The number of esters is 1. The molecule has 4 N–H and O–H groups in total. The van der Waals surface area contributed by atoms with Crippen molar-refractivity contribution in [2.75, 3.05) is 37.9 Å². The van der Waals surface area contributed by atoms with Crippen LogP contribution in [0.15, 0.2) is 48.5 Å². The van der Waals surface area contributed by atoms with Crippen LogP contribution in [0.4, 0.5) is 0 Å². The molecule has 0 saturated heterocycles. The zero-order valence-electron chi connectivity index (χ0n) is 25.8. The predicted molar refractivity (Wildman–Crippen MR) is 169 cm³/mol. The molecule has 2 aromatic carbocycles. The van der Waals surface area contributed by atoms with Gasteiger partial charge in [-0.2, -0.15) is 0 Å². The third kappa shape index (κ3) is 9.66. The molecule has 0 amide bonds. The van der Waals surface area contributed by atoms with Gasteiger partial charge in [-0.1, -0.05) is 42.5 Å². The van der Waals surface area contributed by atoms with Gasteiger partial charge >= 0.3 is 5.97 Å². The van der Waals surface area contributed by atoms with E-state index in [2.05, 4.69) is 24.3 Å². The average molecular weight is 601 g/mol. The van der Waals surface area contributed by atoms with Gasteiger partial charge in [0.2, 0.25) is 0 Å². The lowest BCUT2D eigenvalue weighted by Crippen LogP contribution is -2.59. The van der Waals surface area contributed by atoms with E-state index < -0.39 is 32.3 Å². The summed E-state index contributed by atoms with van der Waals surface area (Å²) in [5.74, 6) is -0.0181. The van der Waals surface area contributed by atoms with Gasteiger partial charge in [-0.15, -0.1) is 0 Å². The first-order valence-corrected chi connectivity index (χ1v) is 16.5. The SMILES string of the molecule is CC(C)(N)CC(C)(N)C(C)(C)C(=O)OCCOCCS(=O)(=O)CCOc1cccc2c1C=C(c1ccccc1)CCC2. The van der Waals surface area contributed by atoms with Crippen LogP contribution in [0.5, 0.6) is 5.75 Å². The second-order valence-electron chi connectivity index (χ2n) is 12.7. The first-order chi connectivity index (χ1) is 19.6. The first-order valence-electron chi connectivity index (χ1n) is 14.7. The lowest BCUT2D eigenvalue weighted by molar-refractivity contribution is -0.159. The summed E-state index contributed by atoms with van der Waals surface area (Å²) in [5, 5.41) is 0. The Hall–Kier alpha value is -2.72. The van der Waals surface area contributed by atoms with E-state index >= 15 is 0 Å². The molecule has 2 aromatic rings. The van der Waals surface area contributed by atoms with Crippen LogP contribution in [0.1, 0.15) is 70.6 Å². The summed E-state index contributed by atoms with van der Waals surface area (Å²) in [4.78, 5) is 12.7. The fraction of sp³-hybridized carbons (Fsp3) is 0.545. The van der Waals surface area contributed by atoms with Crippen LogP contribution in [0.2, 0.25) is 0 Å². The summed E-state index contributed by atoms with van der Waals surface area (Å²) in [6, 6.07) is 16.3. The van der Waals surface area contributed by atoms with Crippen LogP contribution >= 0.6 is 0 Å². The monoisotopic (exact) mass is 600 g/mol. The maximum absolute atomic E-state index is 12.7. The van der Waals surface area contributed by atoms with Gasteiger partial charge in [-0.3, -0.25) is 4.79 Å². The number of ether oxygens (including phenoxy) is 3. The summed E-state index contributed by atoms with van der Waals surface area (Å²) in [6.45, 7) is 9.14. The number of rotatable bonds is 15. The van der Waals surface area contributed by atoms with E-state index in [1.807, 2.05) is 44.2 Å². The maximum Gasteiger partial charge on any atom is 0.313 e. The van der Waals surface area contributed by atoms with E-state index in [1.165, 1.54) is 16.7 Å². The number of fused-ring (bicyclic) bond motifs is 1. The molecule has 0 heterocycles. The van der Waals surface area contributed by atoms with E-state index in [4.69, 9.17) is 25.7 Å². The highest BCUT2D eigenvalue weighted by Crippen LogP contribution is 2.36. The number of nitrogens with two attached hydrogens (primary N) is 2. The van der Waals surface area contributed by atoms with E-state index in [1.54, 1.807) is 20.8 Å². The molecule has 0 aromatic heterocycles. The van der Waals surface area contributed by atoms with Gasteiger partial charge in [0.25, 0.3) is 0 Å². The number of benzene rings is 2. The van der Waals surface area contributed by atoms with Gasteiger partial charge in [0.05, 0.1) is 30.1 Å². The Kier molecular flexibility index (Phi) is 11.4. The Morgan fingerprint density at radius 1 is 0.857 bits per heavy atom. The van der Waals surface area contributed by atoms with Crippen molar-refractivity contribution < 1.29 is 27.4 Å². The molecular formula is C33H48N2O6S. The summed E-state index contributed by atoms with van der Waals surface area (Å²) in [5.41, 5.74) is 14.8. The fourth-order valence-electron chi connectivity index (χ4n) is 5.14. The molecule has 0 bridgehead atoms. The van der Waals surface area contributed by atoms with Crippen LogP contribution in [0, 0.1) is 5.41 Å². The number of sulfone groups is 1. The number of allylic oxidation sites excluding steroid dienone is 1. The largest absolute Gasteiger partial charge is 0.492 e. The number of hydrogen-bond acceptors (Lipinski definition) is 8. The van der Waals surface area contributed by atoms with Crippen molar-refractivity contribution in [3.63, 3.8) is 0 Å². The molecule has 3 rings (SSSR count). The van der Waals surface area contributed by atoms with Crippen molar-refractivity contribution in [2.45, 2.75) is 71.4 Å². The zero-order valence-corrected chi connectivity index (χ0v) is 26.6. The highest BCUT2D eigenvalue weighted by Gasteiger charge is 2.47. The number of aryl methyl sites for hydroxylation is 1. The van der Waals surface area contributed by atoms with E-state index in [0.29, 0.717) is 12.2 Å².